The summed E-state index contributed by atoms with van der Waals surface area (Å²) in [6.45, 7) is 12.9. The summed E-state index contributed by atoms with van der Waals surface area (Å²) in [4.78, 5) is 32.4. The molecule has 0 spiro atoms. The smallest absolute Gasteiger partial charge is 0.407 e. The molecule has 1 atom stereocenters. The molecular formula is C30H37N7O3. The van der Waals surface area contributed by atoms with Gasteiger partial charge in [0.2, 0.25) is 5.95 Å². The van der Waals surface area contributed by atoms with Crippen molar-refractivity contribution in [3.63, 3.8) is 0 Å². The van der Waals surface area contributed by atoms with Gasteiger partial charge in [-0.05, 0) is 60.7 Å². The van der Waals surface area contributed by atoms with Crippen LogP contribution in [-0.2, 0) is 6.54 Å². The van der Waals surface area contributed by atoms with Gasteiger partial charge in [0.05, 0.1) is 29.4 Å². The van der Waals surface area contributed by atoms with Crippen molar-refractivity contribution in [3.8, 4) is 16.9 Å². The Morgan fingerprint density at radius 2 is 2.00 bits per heavy atom. The fraction of sp³-hybridized carbons (Fsp3) is 0.400. The van der Waals surface area contributed by atoms with Crippen LogP contribution in [0.3, 0.4) is 0 Å². The summed E-state index contributed by atoms with van der Waals surface area (Å²) in [6.07, 6.45) is 4.49. The summed E-state index contributed by atoms with van der Waals surface area (Å²) in [5.41, 5.74) is 4.67. The van der Waals surface area contributed by atoms with Crippen molar-refractivity contribution in [1.82, 2.24) is 29.7 Å². The molecule has 4 aromatic rings. The highest BCUT2D eigenvalue weighted by Gasteiger charge is 2.37. The molecule has 10 nitrogen and oxygen atoms in total. The first-order valence-corrected chi connectivity index (χ1v) is 13.6. The van der Waals surface area contributed by atoms with Crippen molar-refractivity contribution >= 4 is 28.9 Å². The van der Waals surface area contributed by atoms with E-state index in [0.29, 0.717) is 37.9 Å². The van der Waals surface area contributed by atoms with Crippen molar-refractivity contribution in [3.05, 3.63) is 60.6 Å². The molecule has 1 fully saturated rings. The van der Waals surface area contributed by atoms with E-state index in [2.05, 4.69) is 52.0 Å². The van der Waals surface area contributed by atoms with Gasteiger partial charge in [0.15, 0.2) is 0 Å². The fourth-order valence-corrected chi connectivity index (χ4v) is 5.18. The Morgan fingerprint density at radius 1 is 1.18 bits per heavy atom. The van der Waals surface area contributed by atoms with Crippen LogP contribution >= 0.6 is 0 Å². The number of carbonyl (C=O) groups is 1. The van der Waals surface area contributed by atoms with Crippen molar-refractivity contribution in [2.45, 2.75) is 53.3 Å². The van der Waals surface area contributed by atoms with Gasteiger partial charge in [0, 0.05) is 44.1 Å². The number of benzene rings is 1. The van der Waals surface area contributed by atoms with E-state index in [1.807, 2.05) is 44.2 Å². The lowest BCUT2D eigenvalue weighted by Crippen LogP contribution is -2.59. The molecule has 0 radical (unpaired) electrons. The van der Waals surface area contributed by atoms with Crippen LogP contribution < -0.4 is 10.1 Å². The van der Waals surface area contributed by atoms with Gasteiger partial charge in [-0.3, -0.25) is 9.88 Å². The number of hydrogen-bond acceptors (Lipinski definition) is 7. The minimum Gasteiger partial charge on any atom is -0.489 e. The first-order chi connectivity index (χ1) is 19.1. The number of carboxylic acid groups (broad SMARTS) is 1. The molecule has 4 heterocycles. The molecule has 0 aliphatic carbocycles. The maximum atomic E-state index is 11.8. The average molecular weight is 544 g/mol. The number of ether oxygens (including phenoxy) is 1. The van der Waals surface area contributed by atoms with Gasteiger partial charge in [-0.25, -0.2) is 14.8 Å². The van der Waals surface area contributed by atoms with Gasteiger partial charge in [0.1, 0.15) is 11.6 Å². The zero-order valence-corrected chi connectivity index (χ0v) is 23.7. The molecule has 1 aliphatic heterocycles. The molecule has 0 saturated carbocycles. The number of pyridine rings is 2. The number of rotatable bonds is 7. The van der Waals surface area contributed by atoms with E-state index in [1.165, 1.54) is 0 Å². The third kappa shape index (κ3) is 6.17. The third-order valence-corrected chi connectivity index (χ3v) is 7.13. The number of nitrogens with one attached hydrogen (secondary N) is 2. The number of nitrogens with zero attached hydrogens (tertiary/aromatic N) is 5. The Bertz CT molecular complexity index is 1490. The summed E-state index contributed by atoms with van der Waals surface area (Å²) >= 11 is 0. The van der Waals surface area contributed by atoms with Crippen LogP contribution in [0.2, 0.25) is 0 Å². The second kappa shape index (κ2) is 11.1. The van der Waals surface area contributed by atoms with Gasteiger partial charge in [0.25, 0.3) is 0 Å². The van der Waals surface area contributed by atoms with E-state index in [1.54, 1.807) is 23.5 Å². The van der Waals surface area contributed by atoms with Crippen LogP contribution in [0.5, 0.6) is 5.75 Å². The minimum absolute atomic E-state index is 0.0483. The highest BCUT2D eigenvalue weighted by Crippen LogP contribution is 2.32. The van der Waals surface area contributed by atoms with Crippen LogP contribution in [-0.4, -0.2) is 72.7 Å². The van der Waals surface area contributed by atoms with Crippen LogP contribution in [0.15, 0.2) is 55.0 Å². The Balaban J connectivity index is 1.30. The molecular weight excluding hydrogens is 506 g/mol. The molecule has 1 aliphatic rings. The Hall–Kier alpha value is -4.18. The maximum absolute atomic E-state index is 11.8. The van der Waals surface area contributed by atoms with Gasteiger partial charge in [-0.2, -0.15) is 0 Å². The standard InChI is InChI=1S/C30H37N7O3/c1-19(2)40-25-16-31-10-9-22(25)21-6-7-23-24(15-21)34-28(33-23)35-27-14-20(8-11-32-27)17-36-12-13-37(29(38)39)26(18-36)30(3,4)5/h6-11,14-16,19,26H,12-13,17-18H2,1-5H3,(H,38,39)(H2,32,33,34,35). The van der Waals surface area contributed by atoms with Gasteiger partial charge < -0.3 is 25.0 Å². The molecule has 3 N–H and O–H groups in total. The highest BCUT2D eigenvalue weighted by molar-refractivity contribution is 5.85. The Morgan fingerprint density at radius 3 is 2.75 bits per heavy atom. The summed E-state index contributed by atoms with van der Waals surface area (Å²) in [7, 11) is 0. The highest BCUT2D eigenvalue weighted by atomic mass is 16.5. The second-order valence-corrected chi connectivity index (χ2v) is 11.6. The van der Waals surface area contributed by atoms with E-state index in [-0.39, 0.29) is 17.6 Å². The van der Waals surface area contributed by atoms with E-state index in [4.69, 9.17) is 9.72 Å². The zero-order chi connectivity index (χ0) is 28.4. The summed E-state index contributed by atoms with van der Waals surface area (Å²) in [5, 5.41) is 13.0. The molecule has 3 aromatic heterocycles. The summed E-state index contributed by atoms with van der Waals surface area (Å²) in [5.74, 6) is 2.04. The van der Waals surface area contributed by atoms with Crippen LogP contribution in [0.4, 0.5) is 16.6 Å². The predicted octanol–water partition coefficient (Wildman–Crippen LogP) is 5.76. The normalized spacial score (nSPS) is 16.4. The van der Waals surface area contributed by atoms with Crippen LogP contribution in [0.25, 0.3) is 22.2 Å². The number of H-pyrrole nitrogens is 1. The topological polar surface area (TPSA) is 120 Å². The third-order valence-electron chi connectivity index (χ3n) is 7.13. The molecule has 210 valence electrons. The van der Waals surface area contributed by atoms with E-state index >= 15 is 0 Å². The van der Waals surface area contributed by atoms with Crippen molar-refractivity contribution in [2.75, 3.05) is 25.0 Å². The predicted molar refractivity (Wildman–Crippen MR) is 156 cm³/mol. The van der Waals surface area contributed by atoms with Crippen LogP contribution in [0, 0.1) is 5.41 Å². The Labute approximate surface area is 234 Å². The molecule has 5 rings (SSSR count). The average Bonchev–Trinajstić information content (AvgIpc) is 3.29. The van der Waals surface area contributed by atoms with Crippen molar-refractivity contribution in [1.29, 1.82) is 0 Å². The molecule has 40 heavy (non-hydrogen) atoms. The summed E-state index contributed by atoms with van der Waals surface area (Å²) < 4.78 is 5.96. The molecule has 1 unspecified atom stereocenters. The van der Waals surface area contributed by atoms with Crippen molar-refractivity contribution < 1.29 is 14.6 Å². The molecule has 10 heteroatoms. The van der Waals surface area contributed by atoms with Crippen molar-refractivity contribution in [2.24, 2.45) is 5.41 Å². The lowest BCUT2D eigenvalue weighted by molar-refractivity contribution is 0.0190. The number of aromatic nitrogens is 4. The van der Waals surface area contributed by atoms with Gasteiger partial charge >= 0.3 is 6.09 Å². The van der Waals surface area contributed by atoms with Gasteiger partial charge in [-0.15, -0.1) is 0 Å². The number of fused-ring (bicyclic) bond motifs is 1. The van der Waals surface area contributed by atoms with E-state index < -0.39 is 6.09 Å². The number of piperazine rings is 1. The Kier molecular flexibility index (Phi) is 7.62. The number of anilines is 2. The molecule has 0 bridgehead atoms. The maximum Gasteiger partial charge on any atom is 0.407 e. The lowest BCUT2D eigenvalue weighted by Gasteiger charge is -2.46. The van der Waals surface area contributed by atoms with E-state index in [0.717, 1.165) is 33.5 Å². The quantitative estimate of drug-likeness (QED) is 0.269. The minimum atomic E-state index is -0.849. The number of aromatic amines is 1. The second-order valence-electron chi connectivity index (χ2n) is 11.6. The molecule has 1 aromatic carbocycles. The van der Waals surface area contributed by atoms with Gasteiger partial charge in [-0.1, -0.05) is 26.8 Å². The SMILES string of the molecule is CC(C)Oc1cnccc1-c1ccc2nc(Nc3cc(CN4CCN(C(=O)O)C(C(C)(C)C)C4)ccn3)[nH]c2c1. The molecule has 1 saturated heterocycles. The fourth-order valence-electron chi connectivity index (χ4n) is 5.18. The lowest BCUT2D eigenvalue weighted by atomic mass is 9.84. The van der Waals surface area contributed by atoms with Crippen LogP contribution in [0.1, 0.15) is 40.2 Å². The largest absolute Gasteiger partial charge is 0.489 e. The first-order valence-electron chi connectivity index (χ1n) is 13.6. The zero-order valence-electron chi connectivity index (χ0n) is 23.7. The number of imidazole rings is 1. The first kappa shape index (κ1) is 27.4. The summed E-state index contributed by atoms with van der Waals surface area (Å²) in [6, 6.07) is 12.0. The van der Waals surface area contributed by atoms with E-state index in [9.17, 15) is 9.90 Å². The number of hydrogen-bond donors (Lipinski definition) is 3. The molecule has 1 amide bonds. The monoisotopic (exact) mass is 543 g/mol. The number of amides is 1.